The van der Waals surface area contributed by atoms with Gasteiger partial charge >= 0.3 is 0 Å². The summed E-state index contributed by atoms with van der Waals surface area (Å²) in [5.41, 5.74) is 3.63. The van der Waals surface area contributed by atoms with E-state index < -0.39 is 0 Å². The number of ether oxygens (including phenoxy) is 2. The second-order valence-electron chi connectivity index (χ2n) is 4.81. The Morgan fingerprint density at radius 3 is 2.95 bits per heavy atom. The van der Waals surface area contributed by atoms with Gasteiger partial charge in [0.2, 0.25) is 0 Å². The molecular weight excluding hydrogens is 247 g/mol. The van der Waals surface area contributed by atoms with E-state index in [0.29, 0.717) is 0 Å². The molecule has 1 aliphatic rings. The summed E-state index contributed by atoms with van der Waals surface area (Å²) in [6.45, 7) is 2.82. The van der Waals surface area contributed by atoms with Crippen LogP contribution in [0.5, 0.6) is 5.75 Å². The standard InChI is InChI=1S/C14H21FN2O2/c1-3-12-10(6-7-19-12)14(17-16)9-4-5-13(18-2)11(15)8-9/h4-5,8,10,12,14,17H,3,6-7,16H2,1-2H3. The smallest absolute Gasteiger partial charge is 0.165 e. The fourth-order valence-electron chi connectivity index (χ4n) is 2.81. The van der Waals surface area contributed by atoms with Gasteiger partial charge in [-0.05, 0) is 30.5 Å². The van der Waals surface area contributed by atoms with E-state index in [1.165, 1.54) is 13.2 Å². The molecule has 0 amide bonds. The van der Waals surface area contributed by atoms with Gasteiger partial charge in [-0.2, -0.15) is 0 Å². The van der Waals surface area contributed by atoms with Crippen molar-refractivity contribution in [1.29, 1.82) is 0 Å². The fraction of sp³-hybridized carbons (Fsp3) is 0.571. The zero-order chi connectivity index (χ0) is 13.8. The highest BCUT2D eigenvalue weighted by Gasteiger charge is 2.34. The van der Waals surface area contributed by atoms with Crippen LogP contribution in [-0.4, -0.2) is 19.8 Å². The maximum Gasteiger partial charge on any atom is 0.165 e. The Morgan fingerprint density at radius 1 is 1.58 bits per heavy atom. The summed E-state index contributed by atoms with van der Waals surface area (Å²) in [7, 11) is 1.45. The second kappa shape index (κ2) is 6.32. The first-order chi connectivity index (χ1) is 9.21. The third kappa shape index (κ3) is 2.88. The highest BCUT2D eigenvalue weighted by atomic mass is 19.1. The quantitative estimate of drug-likeness (QED) is 0.634. The van der Waals surface area contributed by atoms with Crippen molar-refractivity contribution in [3.8, 4) is 5.75 Å². The van der Waals surface area contributed by atoms with Crippen LogP contribution in [0.4, 0.5) is 4.39 Å². The van der Waals surface area contributed by atoms with Gasteiger partial charge in [-0.1, -0.05) is 13.0 Å². The van der Waals surface area contributed by atoms with Gasteiger partial charge in [0.1, 0.15) is 0 Å². The van der Waals surface area contributed by atoms with E-state index >= 15 is 0 Å². The molecule has 4 nitrogen and oxygen atoms in total. The fourth-order valence-corrected chi connectivity index (χ4v) is 2.81. The minimum Gasteiger partial charge on any atom is -0.494 e. The lowest BCUT2D eigenvalue weighted by molar-refractivity contribution is 0.0773. The van der Waals surface area contributed by atoms with Crippen LogP contribution < -0.4 is 16.0 Å². The third-order valence-electron chi connectivity index (χ3n) is 3.81. The number of benzene rings is 1. The van der Waals surface area contributed by atoms with Crippen molar-refractivity contribution in [3.63, 3.8) is 0 Å². The summed E-state index contributed by atoms with van der Waals surface area (Å²) in [5.74, 6) is 5.81. The molecule has 1 fully saturated rings. The van der Waals surface area contributed by atoms with Crippen molar-refractivity contribution >= 4 is 0 Å². The Bertz CT molecular complexity index is 428. The Labute approximate surface area is 113 Å². The summed E-state index contributed by atoms with van der Waals surface area (Å²) in [4.78, 5) is 0. The van der Waals surface area contributed by atoms with Gasteiger partial charge in [-0.15, -0.1) is 0 Å². The summed E-state index contributed by atoms with van der Waals surface area (Å²) in [6.07, 6.45) is 2.04. The van der Waals surface area contributed by atoms with E-state index in [1.54, 1.807) is 6.07 Å². The summed E-state index contributed by atoms with van der Waals surface area (Å²) >= 11 is 0. The first-order valence-corrected chi connectivity index (χ1v) is 6.62. The predicted molar refractivity (Wildman–Crippen MR) is 71.2 cm³/mol. The monoisotopic (exact) mass is 268 g/mol. The Kier molecular flexibility index (Phi) is 4.74. The van der Waals surface area contributed by atoms with Crippen molar-refractivity contribution in [2.24, 2.45) is 11.8 Å². The second-order valence-corrected chi connectivity index (χ2v) is 4.81. The summed E-state index contributed by atoms with van der Waals surface area (Å²) in [5, 5.41) is 0. The maximum absolute atomic E-state index is 13.8. The molecule has 3 atom stereocenters. The average molecular weight is 268 g/mol. The third-order valence-corrected chi connectivity index (χ3v) is 3.81. The van der Waals surface area contributed by atoms with Crippen LogP contribution in [0.2, 0.25) is 0 Å². The first kappa shape index (κ1) is 14.2. The number of halogens is 1. The van der Waals surface area contributed by atoms with Crippen LogP contribution in [0.1, 0.15) is 31.4 Å². The van der Waals surface area contributed by atoms with Crippen molar-refractivity contribution in [1.82, 2.24) is 5.43 Å². The zero-order valence-electron chi connectivity index (χ0n) is 11.4. The lowest BCUT2D eigenvalue weighted by atomic mass is 9.87. The van der Waals surface area contributed by atoms with Crippen LogP contribution in [0, 0.1) is 11.7 Å². The highest BCUT2D eigenvalue weighted by Crippen LogP contribution is 2.35. The number of rotatable bonds is 5. The number of nitrogens with two attached hydrogens (primary N) is 1. The predicted octanol–water partition coefficient (Wildman–Crippen LogP) is 2.15. The van der Waals surface area contributed by atoms with E-state index in [4.69, 9.17) is 15.3 Å². The van der Waals surface area contributed by atoms with E-state index in [9.17, 15) is 4.39 Å². The molecular formula is C14H21FN2O2. The Morgan fingerprint density at radius 2 is 2.37 bits per heavy atom. The van der Waals surface area contributed by atoms with Gasteiger partial charge in [0, 0.05) is 12.5 Å². The molecule has 1 saturated heterocycles. The van der Waals surface area contributed by atoms with E-state index in [2.05, 4.69) is 12.3 Å². The van der Waals surface area contributed by atoms with Crippen LogP contribution in [0.25, 0.3) is 0 Å². The highest BCUT2D eigenvalue weighted by molar-refractivity contribution is 5.31. The van der Waals surface area contributed by atoms with Crippen molar-refractivity contribution in [2.45, 2.75) is 31.9 Å². The van der Waals surface area contributed by atoms with Gasteiger partial charge < -0.3 is 9.47 Å². The first-order valence-electron chi connectivity index (χ1n) is 6.62. The van der Waals surface area contributed by atoms with E-state index in [-0.39, 0.29) is 29.6 Å². The molecule has 106 valence electrons. The van der Waals surface area contributed by atoms with Gasteiger partial charge in [-0.3, -0.25) is 11.3 Å². The minimum absolute atomic E-state index is 0.104. The SMILES string of the molecule is CCC1OCCC1C(NN)c1ccc(OC)c(F)c1. The molecule has 3 N–H and O–H groups in total. The van der Waals surface area contributed by atoms with Crippen molar-refractivity contribution < 1.29 is 13.9 Å². The molecule has 3 unspecified atom stereocenters. The Hall–Kier alpha value is -1.17. The zero-order valence-corrected chi connectivity index (χ0v) is 11.4. The molecule has 5 heteroatoms. The molecule has 1 aromatic carbocycles. The van der Waals surface area contributed by atoms with Crippen LogP contribution >= 0.6 is 0 Å². The molecule has 1 aromatic rings. The molecule has 0 aliphatic carbocycles. The van der Waals surface area contributed by atoms with Gasteiger partial charge in [0.25, 0.3) is 0 Å². The average Bonchev–Trinajstić information content (AvgIpc) is 2.88. The minimum atomic E-state index is -0.368. The van der Waals surface area contributed by atoms with Crippen molar-refractivity contribution in [2.75, 3.05) is 13.7 Å². The molecule has 1 heterocycles. The topological polar surface area (TPSA) is 56.5 Å². The normalized spacial score (nSPS) is 24.4. The summed E-state index contributed by atoms with van der Waals surface area (Å²) in [6, 6.07) is 4.85. The number of nitrogens with one attached hydrogen (secondary N) is 1. The molecule has 0 saturated carbocycles. The largest absolute Gasteiger partial charge is 0.494 e. The van der Waals surface area contributed by atoms with Crippen LogP contribution in [-0.2, 0) is 4.74 Å². The molecule has 19 heavy (non-hydrogen) atoms. The number of hydrogen-bond donors (Lipinski definition) is 2. The molecule has 0 spiro atoms. The summed E-state index contributed by atoms with van der Waals surface area (Å²) < 4.78 is 24.4. The van der Waals surface area contributed by atoms with Crippen LogP contribution in [0.15, 0.2) is 18.2 Å². The maximum atomic E-state index is 13.8. The molecule has 1 aliphatic heterocycles. The van der Waals surface area contributed by atoms with Crippen molar-refractivity contribution in [3.05, 3.63) is 29.6 Å². The number of hydrazine groups is 1. The lowest BCUT2D eigenvalue weighted by Crippen LogP contribution is -2.36. The molecule has 0 bridgehead atoms. The van der Waals surface area contributed by atoms with Gasteiger partial charge in [0.05, 0.1) is 19.3 Å². The van der Waals surface area contributed by atoms with E-state index in [0.717, 1.165) is 25.0 Å². The number of hydrogen-bond acceptors (Lipinski definition) is 4. The Balaban J connectivity index is 2.24. The van der Waals surface area contributed by atoms with E-state index in [1.807, 2.05) is 6.07 Å². The van der Waals surface area contributed by atoms with Gasteiger partial charge in [-0.25, -0.2) is 4.39 Å². The molecule has 2 rings (SSSR count). The van der Waals surface area contributed by atoms with Gasteiger partial charge in [0.15, 0.2) is 11.6 Å². The molecule has 0 aromatic heterocycles. The van der Waals surface area contributed by atoms with Crippen LogP contribution in [0.3, 0.4) is 0 Å². The lowest BCUT2D eigenvalue weighted by Gasteiger charge is -2.27. The molecule has 0 radical (unpaired) electrons. The number of methoxy groups -OCH3 is 1.